The van der Waals surface area contributed by atoms with Crippen molar-refractivity contribution in [3.63, 3.8) is 0 Å². The van der Waals surface area contributed by atoms with Gasteiger partial charge in [-0.1, -0.05) is 69.7 Å². The van der Waals surface area contributed by atoms with E-state index in [4.69, 9.17) is 4.74 Å². The summed E-state index contributed by atoms with van der Waals surface area (Å²) in [5.41, 5.74) is 2.86. The minimum atomic E-state index is -1.45. The van der Waals surface area contributed by atoms with Crippen molar-refractivity contribution >= 4 is 5.97 Å². The van der Waals surface area contributed by atoms with Crippen LogP contribution in [0.5, 0.6) is 0 Å². The summed E-state index contributed by atoms with van der Waals surface area (Å²) in [4.78, 5) is 12.1. The van der Waals surface area contributed by atoms with Crippen LogP contribution in [-0.2, 0) is 16.0 Å². The lowest BCUT2D eigenvalue weighted by Crippen LogP contribution is -2.28. The van der Waals surface area contributed by atoms with Gasteiger partial charge in [0, 0.05) is 0 Å². The first-order chi connectivity index (χ1) is 15.7. The number of esters is 1. The number of unbranched alkanes of at least 4 members (excludes halogenated alkanes) is 4. The molecule has 1 aromatic rings. The number of ether oxygens (including phenoxy) is 1. The molecule has 0 aliphatic heterocycles. The molecule has 0 saturated heterocycles. The third-order valence-electron chi connectivity index (χ3n) is 7.62. The number of alkyl halides is 1. The highest BCUT2D eigenvalue weighted by molar-refractivity contribution is 5.74. The smallest absolute Gasteiger partial charge is 0.340 e. The van der Waals surface area contributed by atoms with E-state index in [9.17, 15) is 9.18 Å². The highest BCUT2D eigenvalue weighted by Crippen LogP contribution is 2.35. The lowest BCUT2D eigenvalue weighted by atomic mass is 9.82. The fraction of sp³-hybridized carbons (Fsp3) is 0.724. The van der Waals surface area contributed by atoms with E-state index in [1.165, 1.54) is 62.5 Å². The molecule has 2 aliphatic carbocycles. The second-order valence-corrected chi connectivity index (χ2v) is 10.2. The molecule has 1 aromatic carbocycles. The number of rotatable bonds is 12. The van der Waals surface area contributed by atoms with Crippen molar-refractivity contribution in [2.75, 3.05) is 0 Å². The van der Waals surface area contributed by atoms with Gasteiger partial charge < -0.3 is 4.74 Å². The zero-order valence-corrected chi connectivity index (χ0v) is 20.2. The van der Waals surface area contributed by atoms with Crippen LogP contribution in [0.3, 0.4) is 0 Å². The number of hydrogen-bond donors (Lipinski definition) is 0. The van der Waals surface area contributed by atoms with Crippen LogP contribution < -0.4 is 0 Å². The highest BCUT2D eigenvalue weighted by atomic mass is 19.1. The Balaban J connectivity index is 1.33. The van der Waals surface area contributed by atoms with E-state index in [-0.39, 0.29) is 6.10 Å². The van der Waals surface area contributed by atoms with Crippen molar-refractivity contribution in [2.24, 2.45) is 5.92 Å². The van der Waals surface area contributed by atoms with E-state index >= 15 is 0 Å². The molecule has 2 nitrogen and oxygen atoms in total. The summed E-state index contributed by atoms with van der Waals surface area (Å²) in [5, 5.41) is 0. The van der Waals surface area contributed by atoms with Crippen LogP contribution in [0.15, 0.2) is 24.3 Å². The van der Waals surface area contributed by atoms with Gasteiger partial charge in [-0.2, -0.15) is 0 Å². The SMILES string of the molecule is CCCCCCC[C@H](F)C(=O)O[C@H]1CC[C@H](c2ccc(CCC3CC[CH]CC3)cc2)CC1. The lowest BCUT2D eigenvalue weighted by molar-refractivity contribution is -0.157. The molecule has 0 aromatic heterocycles. The van der Waals surface area contributed by atoms with Crippen molar-refractivity contribution in [3.8, 4) is 0 Å². The Morgan fingerprint density at radius 1 is 0.969 bits per heavy atom. The molecule has 0 unspecified atom stereocenters. The monoisotopic (exact) mass is 443 g/mol. The molecule has 32 heavy (non-hydrogen) atoms. The molecule has 2 aliphatic rings. The molecule has 0 spiro atoms. The largest absolute Gasteiger partial charge is 0.460 e. The average molecular weight is 444 g/mol. The molecule has 179 valence electrons. The number of carbonyl (C=O) groups is 1. The van der Waals surface area contributed by atoms with Crippen molar-refractivity contribution in [3.05, 3.63) is 41.8 Å². The van der Waals surface area contributed by atoms with Gasteiger partial charge in [-0.25, -0.2) is 9.18 Å². The fourth-order valence-corrected chi connectivity index (χ4v) is 5.41. The molecule has 3 rings (SSSR count). The second-order valence-electron chi connectivity index (χ2n) is 10.2. The number of carbonyl (C=O) groups excluding carboxylic acids is 1. The highest BCUT2D eigenvalue weighted by Gasteiger charge is 2.27. The predicted octanol–water partition coefficient (Wildman–Crippen LogP) is 8.28. The van der Waals surface area contributed by atoms with Gasteiger partial charge in [0.2, 0.25) is 0 Å². The van der Waals surface area contributed by atoms with Crippen molar-refractivity contribution in [2.45, 2.75) is 128 Å². The topological polar surface area (TPSA) is 26.3 Å². The number of benzene rings is 1. The van der Waals surface area contributed by atoms with Crippen LogP contribution in [0.4, 0.5) is 4.39 Å². The summed E-state index contributed by atoms with van der Waals surface area (Å²) < 4.78 is 19.7. The van der Waals surface area contributed by atoms with Gasteiger partial charge in [-0.15, -0.1) is 0 Å². The van der Waals surface area contributed by atoms with Crippen LogP contribution in [0.25, 0.3) is 0 Å². The molecule has 3 heteroatoms. The molecule has 2 saturated carbocycles. The maximum Gasteiger partial charge on any atom is 0.340 e. The van der Waals surface area contributed by atoms with Crippen LogP contribution in [0.2, 0.25) is 0 Å². The summed E-state index contributed by atoms with van der Waals surface area (Å²) in [6.45, 7) is 2.16. The van der Waals surface area contributed by atoms with E-state index in [0.29, 0.717) is 12.3 Å². The maximum absolute atomic E-state index is 14.1. The van der Waals surface area contributed by atoms with Gasteiger partial charge in [-0.05, 0) is 93.6 Å². The van der Waals surface area contributed by atoms with Gasteiger partial charge in [-0.3, -0.25) is 0 Å². The van der Waals surface area contributed by atoms with Crippen molar-refractivity contribution in [1.82, 2.24) is 0 Å². The first kappa shape index (κ1) is 25.2. The Labute approximate surface area is 195 Å². The molecule has 1 radical (unpaired) electrons. The summed E-state index contributed by atoms with van der Waals surface area (Å²) >= 11 is 0. The zero-order chi connectivity index (χ0) is 22.6. The minimum absolute atomic E-state index is 0.107. The number of aryl methyl sites for hydroxylation is 1. The van der Waals surface area contributed by atoms with Gasteiger partial charge in [0.15, 0.2) is 6.17 Å². The van der Waals surface area contributed by atoms with Gasteiger partial charge in [0.1, 0.15) is 6.10 Å². The summed E-state index contributed by atoms with van der Waals surface area (Å²) in [6.07, 6.45) is 18.0. The Morgan fingerprint density at radius 2 is 1.66 bits per heavy atom. The summed E-state index contributed by atoms with van der Waals surface area (Å²) in [6, 6.07) is 9.23. The molecule has 0 heterocycles. The first-order valence-electron chi connectivity index (χ1n) is 13.4. The van der Waals surface area contributed by atoms with E-state index in [0.717, 1.165) is 50.9 Å². The predicted molar refractivity (Wildman–Crippen MR) is 130 cm³/mol. The van der Waals surface area contributed by atoms with E-state index in [1.807, 2.05) is 0 Å². The van der Waals surface area contributed by atoms with Crippen LogP contribution in [0, 0.1) is 12.3 Å². The fourth-order valence-electron chi connectivity index (χ4n) is 5.41. The molecule has 0 N–H and O–H groups in total. The van der Waals surface area contributed by atoms with E-state index < -0.39 is 12.1 Å². The Kier molecular flexibility index (Phi) is 11.1. The summed E-state index contributed by atoms with van der Waals surface area (Å²) in [7, 11) is 0. The molecular weight excluding hydrogens is 399 g/mol. The third kappa shape index (κ3) is 8.52. The normalized spacial score (nSPS) is 23.1. The van der Waals surface area contributed by atoms with Gasteiger partial charge in [0.05, 0.1) is 0 Å². The number of halogens is 1. The van der Waals surface area contributed by atoms with E-state index in [2.05, 4.69) is 37.6 Å². The number of hydrogen-bond acceptors (Lipinski definition) is 2. The zero-order valence-electron chi connectivity index (χ0n) is 20.2. The molecule has 0 amide bonds. The molecular formula is C29H44FO2. The van der Waals surface area contributed by atoms with Crippen molar-refractivity contribution in [1.29, 1.82) is 0 Å². The molecule has 0 bridgehead atoms. The Morgan fingerprint density at radius 3 is 2.34 bits per heavy atom. The van der Waals surface area contributed by atoms with Gasteiger partial charge in [0.25, 0.3) is 0 Å². The van der Waals surface area contributed by atoms with E-state index in [1.54, 1.807) is 0 Å². The van der Waals surface area contributed by atoms with Crippen molar-refractivity contribution < 1.29 is 13.9 Å². The third-order valence-corrected chi connectivity index (χ3v) is 7.62. The van der Waals surface area contributed by atoms with Gasteiger partial charge >= 0.3 is 5.97 Å². The summed E-state index contributed by atoms with van der Waals surface area (Å²) in [5.74, 6) is 0.805. The standard InChI is InChI=1S/C29H44FO2/c1-2-3-4-5-9-12-28(30)29(31)32-27-21-19-26(20-22-27)25-17-15-24(16-18-25)14-13-23-10-7-6-8-11-23/h6,15-18,23,26-28H,2-5,7-14,19-22H2,1H3/t26-,27-,28-/m0/s1. The van der Waals surface area contributed by atoms with Crippen LogP contribution >= 0.6 is 0 Å². The second kappa shape index (κ2) is 14.0. The Hall–Kier alpha value is -1.38. The minimum Gasteiger partial charge on any atom is -0.460 e. The average Bonchev–Trinajstić information content (AvgIpc) is 2.84. The van der Waals surface area contributed by atoms with Crippen LogP contribution in [0.1, 0.15) is 120 Å². The first-order valence-corrected chi connectivity index (χ1v) is 13.4. The van der Waals surface area contributed by atoms with Crippen LogP contribution in [-0.4, -0.2) is 18.2 Å². The lowest BCUT2D eigenvalue weighted by Gasteiger charge is -2.29. The quantitative estimate of drug-likeness (QED) is 0.240. The molecule has 2 fully saturated rings. The maximum atomic E-state index is 14.1. The molecule has 1 atom stereocenters. The Bertz CT molecular complexity index is 642.